The molecule has 2 aromatic rings. The Morgan fingerprint density at radius 1 is 1.00 bits per heavy atom. The lowest BCUT2D eigenvalue weighted by Crippen LogP contribution is -2.21. The third-order valence-corrected chi connectivity index (χ3v) is 2.73. The van der Waals surface area contributed by atoms with Gasteiger partial charge >= 0.3 is 0 Å². The van der Waals surface area contributed by atoms with Gasteiger partial charge in [-0.3, -0.25) is 0 Å². The van der Waals surface area contributed by atoms with E-state index in [0.29, 0.717) is 0 Å². The van der Waals surface area contributed by atoms with Crippen molar-refractivity contribution in [1.82, 2.24) is 0 Å². The van der Waals surface area contributed by atoms with E-state index in [1.807, 2.05) is 31.2 Å². The minimum absolute atomic E-state index is 0.126. The Bertz CT molecular complexity index is 653. The lowest BCUT2D eigenvalue weighted by molar-refractivity contribution is 0.0534. The summed E-state index contributed by atoms with van der Waals surface area (Å²) in [5.74, 6) is -9.30. The largest absolute Gasteiger partial charge is 0.491 e. The van der Waals surface area contributed by atoms with Gasteiger partial charge in [-0.25, -0.2) is 22.0 Å². The fraction of sp³-hybridized carbons (Fsp3) is 0.250. The van der Waals surface area contributed by atoms with Crippen LogP contribution in [-0.2, 0) is 0 Å². The summed E-state index contributed by atoms with van der Waals surface area (Å²) in [6.45, 7) is 1.79. The van der Waals surface area contributed by atoms with Crippen molar-refractivity contribution in [3.63, 3.8) is 0 Å². The van der Waals surface area contributed by atoms with E-state index in [1.165, 1.54) is 0 Å². The molecule has 1 atom stereocenters. The lowest BCUT2D eigenvalue weighted by atomic mass is 10.2. The summed E-state index contributed by atoms with van der Waals surface area (Å²) >= 11 is 0. The number of aliphatic hydroxyl groups excluding tert-OH is 2. The Kier molecular flexibility index (Phi) is 7.60. The third kappa shape index (κ3) is 5.47. The van der Waals surface area contributed by atoms with Gasteiger partial charge in [-0.15, -0.1) is 0 Å². The number of rotatable bonds is 4. The molecule has 131 valence electrons. The molecule has 0 aliphatic heterocycles. The molecule has 0 aromatic heterocycles. The van der Waals surface area contributed by atoms with Crippen molar-refractivity contribution in [3.8, 4) is 5.75 Å². The van der Waals surface area contributed by atoms with Gasteiger partial charge in [-0.05, 0) is 18.6 Å². The Morgan fingerprint density at radius 2 is 1.54 bits per heavy atom. The van der Waals surface area contributed by atoms with E-state index < -0.39 is 35.2 Å². The van der Waals surface area contributed by atoms with Crippen LogP contribution in [0.25, 0.3) is 0 Å². The first kappa shape index (κ1) is 19.9. The fourth-order valence-electron chi connectivity index (χ4n) is 1.45. The summed E-state index contributed by atoms with van der Waals surface area (Å²) < 4.78 is 65.1. The molecule has 1 radical (unpaired) electrons. The average molecular weight is 349 g/mol. The first-order chi connectivity index (χ1) is 11.3. The second kappa shape index (κ2) is 9.19. The fourth-order valence-corrected chi connectivity index (χ4v) is 1.45. The van der Waals surface area contributed by atoms with E-state index in [1.54, 1.807) is 0 Å². The second-order valence-electron chi connectivity index (χ2n) is 4.61. The van der Waals surface area contributed by atoms with Gasteiger partial charge in [-0.1, -0.05) is 18.2 Å². The zero-order valence-electron chi connectivity index (χ0n) is 12.5. The molecule has 0 amide bonds. The maximum atomic E-state index is 12.0. The molecule has 0 saturated carbocycles. The molecule has 0 saturated heterocycles. The predicted molar refractivity (Wildman–Crippen MR) is 74.8 cm³/mol. The normalized spacial score (nSPS) is 11.5. The Morgan fingerprint density at radius 3 is 2.04 bits per heavy atom. The maximum Gasteiger partial charge on any atom is 0.200 e. The van der Waals surface area contributed by atoms with Crippen molar-refractivity contribution in [2.24, 2.45) is 0 Å². The minimum Gasteiger partial charge on any atom is -0.491 e. The monoisotopic (exact) mass is 349 g/mol. The summed E-state index contributed by atoms with van der Waals surface area (Å²) in [4.78, 5) is 0. The van der Waals surface area contributed by atoms with Crippen LogP contribution in [0.5, 0.6) is 5.75 Å². The van der Waals surface area contributed by atoms with Crippen molar-refractivity contribution >= 4 is 0 Å². The van der Waals surface area contributed by atoms with Crippen LogP contribution in [0, 0.1) is 42.1 Å². The highest BCUT2D eigenvalue weighted by atomic mass is 19.2. The zero-order valence-corrected chi connectivity index (χ0v) is 12.5. The van der Waals surface area contributed by atoms with Crippen LogP contribution in [-0.4, -0.2) is 29.5 Å². The van der Waals surface area contributed by atoms with Crippen molar-refractivity contribution in [2.45, 2.75) is 13.0 Å². The van der Waals surface area contributed by atoms with Crippen LogP contribution in [0.1, 0.15) is 5.56 Å². The topological polar surface area (TPSA) is 49.7 Å². The van der Waals surface area contributed by atoms with Crippen molar-refractivity contribution < 1.29 is 36.9 Å². The van der Waals surface area contributed by atoms with Crippen molar-refractivity contribution in [1.29, 1.82) is 0 Å². The molecule has 0 spiro atoms. The standard InChI is InChI=1S/C10H14O3.C6F5/c1-8-4-2-3-5-10(8)13-7-9(12)6-11;7-2-1-3(8)5(10)6(11)4(2)9/h2-5,9,11-12H,6-7H2,1H3;/t9-;/m0./s1. The highest BCUT2D eigenvalue weighted by Gasteiger charge is 2.18. The number of halogens is 5. The quantitative estimate of drug-likeness (QED) is 0.507. The van der Waals surface area contributed by atoms with Crippen LogP contribution >= 0.6 is 0 Å². The van der Waals surface area contributed by atoms with E-state index in [4.69, 9.17) is 14.9 Å². The molecule has 0 heterocycles. The average Bonchev–Trinajstić information content (AvgIpc) is 2.57. The van der Waals surface area contributed by atoms with Crippen molar-refractivity contribution in [3.05, 3.63) is 65.0 Å². The Balaban J connectivity index is 0.000000243. The SMILES string of the molecule is Cc1ccccc1OC[C@@H](O)CO.Fc1[c]c(F)c(F)c(F)c1F. The summed E-state index contributed by atoms with van der Waals surface area (Å²) in [5.41, 5.74) is 1.02. The van der Waals surface area contributed by atoms with E-state index in [9.17, 15) is 22.0 Å². The van der Waals surface area contributed by atoms with Gasteiger partial charge in [-0.2, -0.15) is 0 Å². The summed E-state index contributed by atoms with van der Waals surface area (Å²) in [6, 6.07) is 8.58. The molecule has 0 aliphatic carbocycles. The number of para-hydroxylation sites is 1. The second-order valence-corrected chi connectivity index (χ2v) is 4.61. The van der Waals surface area contributed by atoms with Crippen LogP contribution in [0.15, 0.2) is 24.3 Å². The van der Waals surface area contributed by atoms with Gasteiger partial charge in [0.25, 0.3) is 0 Å². The Hall–Kier alpha value is -2.19. The molecular formula is C16H14F5O3. The van der Waals surface area contributed by atoms with E-state index in [2.05, 4.69) is 0 Å². The molecule has 24 heavy (non-hydrogen) atoms. The summed E-state index contributed by atoms with van der Waals surface area (Å²) in [6.07, 6.45) is -0.806. The van der Waals surface area contributed by atoms with Gasteiger partial charge in [0, 0.05) is 0 Å². The minimum atomic E-state index is -2.17. The molecule has 0 fully saturated rings. The van der Waals surface area contributed by atoms with Crippen LogP contribution in [0.2, 0.25) is 0 Å². The molecule has 0 unspecified atom stereocenters. The lowest BCUT2D eigenvalue weighted by Gasteiger charge is -2.11. The first-order valence-corrected chi connectivity index (χ1v) is 6.66. The molecule has 8 heteroatoms. The van der Waals surface area contributed by atoms with E-state index in [-0.39, 0.29) is 13.2 Å². The highest BCUT2D eigenvalue weighted by molar-refractivity contribution is 5.31. The maximum absolute atomic E-state index is 12.0. The number of hydrogen-bond acceptors (Lipinski definition) is 3. The smallest absolute Gasteiger partial charge is 0.200 e. The first-order valence-electron chi connectivity index (χ1n) is 6.66. The van der Waals surface area contributed by atoms with Gasteiger partial charge < -0.3 is 14.9 Å². The van der Waals surface area contributed by atoms with E-state index in [0.717, 1.165) is 17.4 Å². The van der Waals surface area contributed by atoms with Crippen molar-refractivity contribution in [2.75, 3.05) is 13.2 Å². The molecule has 0 bridgehead atoms. The van der Waals surface area contributed by atoms with Gasteiger partial charge in [0.2, 0.25) is 5.82 Å². The molecule has 3 nitrogen and oxygen atoms in total. The molecule has 2 rings (SSSR count). The molecule has 2 aromatic carbocycles. The van der Waals surface area contributed by atoms with Gasteiger partial charge in [0.1, 0.15) is 18.5 Å². The number of ether oxygens (including phenoxy) is 1. The molecule has 0 aliphatic rings. The Labute approximate surface area is 134 Å². The number of aliphatic hydroxyl groups is 2. The summed E-state index contributed by atoms with van der Waals surface area (Å²) in [7, 11) is 0. The number of benzene rings is 2. The third-order valence-electron chi connectivity index (χ3n) is 2.73. The zero-order chi connectivity index (χ0) is 18.3. The van der Waals surface area contributed by atoms with Crippen LogP contribution in [0.3, 0.4) is 0 Å². The number of hydrogen-bond donors (Lipinski definition) is 2. The van der Waals surface area contributed by atoms with E-state index >= 15 is 0 Å². The predicted octanol–water partition coefficient (Wildman–Crippen LogP) is 2.91. The van der Waals surface area contributed by atoms with Gasteiger partial charge in [0.05, 0.1) is 12.7 Å². The molecular weight excluding hydrogens is 335 g/mol. The van der Waals surface area contributed by atoms with Crippen LogP contribution in [0.4, 0.5) is 22.0 Å². The molecule has 2 N–H and O–H groups in total. The summed E-state index contributed by atoms with van der Waals surface area (Å²) in [5, 5.41) is 17.6. The highest BCUT2D eigenvalue weighted by Crippen LogP contribution is 2.16. The van der Waals surface area contributed by atoms with Crippen LogP contribution < -0.4 is 4.74 Å². The number of aryl methyl sites for hydroxylation is 1. The van der Waals surface area contributed by atoms with Gasteiger partial charge in [0.15, 0.2) is 23.3 Å².